The minimum Gasteiger partial charge on any atom is -0.340 e. The van der Waals surface area contributed by atoms with Gasteiger partial charge in [0.25, 0.3) is 5.91 Å². The van der Waals surface area contributed by atoms with Crippen LogP contribution in [0.5, 0.6) is 0 Å². The lowest BCUT2D eigenvalue weighted by Gasteiger charge is -2.27. The average Bonchev–Trinajstić information content (AvgIpc) is 2.89. The van der Waals surface area contributed by atoms with Gasteiger partial charge in [0.05, 0.1) is 0 Å². The minimum atomic E-state index is -1.14. The summed E-state index contributed by atoms with van der Waals surface area (Å²) in [5.41, 5.74) is 0.879. The Labute approximate surface area is 185 Å². The number of nitrogens with one attached hydrogen (secondary N) is 1. The molecule has 1 spiro atoms. The highest BCUT2D eigenvalue weighted by Crippen LogP contribution is 2.39. The normalized spacial score (nSPS) is 20.4. The van der Waals surface area contributed by atoms with Crippen LogP contribution in [-0.2, 0) is 28.1 Å². The van der Waals surface area contributed by atoms with Crippen molar-refractivity contribution in [1.29, 1.82) is 0 Å². The van der Waals surface area contributed by atoms with Gasteiger partial charge in [0.2, 0.25) is 5.91 Å². The molecule has 0 aromatic heterocycles. The molecule has 1 aliphatic carbocycles. The first-order valence-electron chi connectivity index (χ1n) is 10.2. The average molecular weight is 444 g/mol. The smallest absolute Gasteiger partial charge is 0.325 e. The van der Waals surface area contributed by atoms with E-state index < -0.39 is 35.7 Å². The second-order valence-corrected chi connectivity index (χ2v) is 8.45. The number of fused-ring (bicyclic) bond motifs is 2. The molecule has 6 nitrogen and oxygen atoms in total. The van der Waals surface area contributed by atoms with E-state index in [-0.39, 0.29) is 17.1 Å². The fraction of sp³-hybridized carbons (Fsp3) is 0.348. The molecule has 1 heterocycles. The Hall–Kier alpha value is -2.93. The van der Waals surface area contributed by atoms with Crippen molar-refractivity contribution in [2.24, 2.45) is 0 Å². The quantitative estimate of drug-likeness (QED) is 0.734. The van der Waals surface area contributed by atoms with Crippen LogP contribution in [0.3, 0.4) is 0 Å². The first-order chi connectivity index (χ1) is 14.8. The molecule has 0 bridgehead atoms. The summed E-state index contributed by atoms with van der Waals surface area (Å²) in [4.78, 5) is 41.2. The van der Waals surface area contributed by atoms with Gasteiger partial charge in [-0.3, -0.25) is 14.5 Å². The number of carbonyl (C=O) groups excluding carboxylic acids is 3. The fourth-order valence-electron chi connectivity index (χ4n) is 4.38. The third-order valence-electron chi connectivity index (χ3n) is 6.08. The zero-order chi connectivity index (χ0) is 22.2. The number of halogens is 2. The number of benzene rings is 2. The number of rotatable bonds is 4. The van der Waals surface area contributed by atoms with E-state index in [0.717, 1.165) is 35.3 Å². The molecule has 31 heavy (non-hydrogen) atoms. The van der Waals surface area contributed by atoms with Crippen LogP contribution in [0.15, 0.2) is 42.5 Å². The monoisotopic (exact) mass is 443 g/mol. The van der Waals surface area contributed by atoms with Crippen LogP contribution < -0.4 is 5.32 Å². The second-order valence-electron chi connectivity index (χ2n) is 8.04. The van der Waals surface area contributed by atoms with Crippen LogP contribution >= 0.6 is 11.6 Å². The van der Waals surface area contributed by atoms with Gasteiger partial charge in [0.15, 0.2) is 0 Å². The van der Waals surface area contributed by atoms with Gasteiger partial charge in [-0.15, -0.1) is 0 Å². The summed E-state index contributed by atoms with van der Waals surface area (Å²) < 4.78 is 14.1. The maximum absolute atomic E-state index is 14.1. The molecule has 4 rings (SSSR count). The van der Waals surface area contributed by atoms with Crippen molar-refractivity contribution in [3.63, 3.8) is 0 Å². The van der Waals surface area contributed by atoms with Crippen molar-refractivity contribution in [2.75, 3.05) is 13.6 Å². The molecule has 2 aromatic carbocycles. The Morgan fingerprint density at radius 3 is 2.74 bits per heavy atom. The summed E-state index contributed by atoms with van der Waals surface area (Å²) in [5, 5.41) is 3.07. The highest BCUT2D eigenvalue weighted by atomic mass is 35.5. The Morgan fingerprint density at radius 1 is 1.19 bits per heavy atom. The largest absolute Gasteiger partial charge is 0.340 e. The van der Waals surface area contributed by atoms with Gasteiger partial charge < -0.3 is 10.2 Å². The lowest BCUT2D eigenvalue weighted by atomic mass is 9.84. The van der Waals surface area contributed by atoms with E-state index in [4.69, 9.17) is 11.6 Å². The maximum atomic E-state index is 14.1. The predicted octanol–water partition coefficient (Wildman–Crippen LogP) is 3.61. The number of likely N-dealkylation sites (N-methyl/N-ethyl adjacent to an activating group) is 1. The van der Waals surface area contributed by atoms with Gasteiger partial charge in [0, 0.05) is 24.2 Å². The molecule has 1 saturated heterocycles. The first-order valence-corrected chi connectivity index (χ1v) is 10.6. The molecule has 0 saturated carbocycles. The Kier molecular flexibility index (Phi) is 5.71. The highest BCUT2D eigenvalue weighted by molar-refractivity contribution is 6.31. The van der Waals surface area contributed by atoms with Crippen LogP contribution in [0.4, 0.5) is 9.18 Å². The van der Waals surface area contributed by atoms with E-state index in [1.807, 2.05) is 24.3 Å². The molecule has 1 N–H and O–H groups in total. The van der Waals surface area contributed by atoms with Crippen molar-refractivity contribution < 1.29 is 18.8 Å². The third kappa shape index (κ3) is 3.78. The summed E-state index contributed by atoms with van der Waals surface area (Å²) in [7, 11) is 1.49. The predicted molar refractivity (Wildman–Crippen MR) is 114 cm³/mol. The lowest BCUT2D eigenvalue weighted by molar-refractivity contribution is -0.139. The summed E-state index contributed by atoms with van der Waals surface area (Å²) >= 11 is 6.05. The number of amides is 4. The van der Waals surface area contributed by atoms with Gasteiger partial charge in [0.1, 0.15) is 17.9 Å². The van der Waals surface area contributed by atoms with Crippen LogP contribution in [0.1, 0.15) is 36.0 Å². The zero-order valence-corrected chi connectivity index (χ0v) is 17.9. The molecule has 162 valence electrons. The first kappa shape index (κ1) is 21.3. The Bertz CT molecular complexity index is 1040. The molecule has 1 atom stereocenters. The third-order valence-corrected chi connectivity index (χ3v) is 6.43. The molecule has 2 aliphatic rings. The minimum absolute atomic E-state index is 0.0675. The molecule has 0 unspecified atom stereocenters. The number of imide groups is 1. The summed E-state index contributed by atoms with van der Waals surface area (Å²) in [6.07, 6.45) is 3.03. The van der Waals surface area contributed by atoms with E-state index in [2.05, 4.69) is 5.32 Å². The zero-order valence-electron chi connectivity index (χ0n) is 17.2. The molecule has 1 fully saturated rings. The van der Waals surface area contributed by atoms with Gasteiger partial charge in [-0.25, -0.2) is 9.18 Å². The molecule has 4 amide bonds. The maximum Gasteiger partial charge on any atom is 0.325 e. The number of nitrogens with zero attached hydrogens (tertiary/aromatic N) is 2. The summed E-state index contributed by atoms with van der Waals surface area (Å²) in [6, 6.07) is 11.3. The van der Waals surface area contributed by atoms with Crippen molar-refractivity contribution in [2.45, 2.75) is 37.8 Å². The van der Waals surface area contributed by atoms with Gasteiger partial charge in [-0.1, -0.05) is 41.9 Å². The summed E-state index contributed by atoms with van der Waals surface area (Å²) in [5.74, 6) is -1.42. The Balaban J connectivity index is 1.54. The lowest BCUT2D eigenvalue weighted by Crippen LogP contribution is -2.45. The molecular formula is C23H23ClFN3O3. The van der Waals surface area contributed by atoms with Crippen LogP contribution in [0.25, 0.3) is 0 Å². The molecular weight excluding hydrogens is 421 g/mol. The van der Waals surface area contributed by atoms with Crippen molar-refractivity contribution in [3.8, 4) is 0 Å². The topological polar surface area (TPSA) is 69.7 Å². The van der Waals surface area contributed by atoms with Gasteiger partial charge >= 0.3 is 6.03 Å². The highest BCUT2D eigenvalue weighted by Gasteiger charge is 2.53. The number of hydrogen-bond donors (Lipinski definition) is 1. The van der Waals surface area contributed by atoms with Gasteiger partial charge in [-0.05, 0) is 48.9 Å². The van der Waals surface area contributed by atoms with Crippen molar-refractivity contribution >= 4 is 29.4 Å². The van der Waals surface area contributed by atoms with E-state index >= 15 is 0 Å². The molecule has 8 heteroatoms. The standard InChI is InChI=1S/C23H23ClFN3O3/c1-27(13-16-18(24)10-6-11-19(16)25)20(29)14-28-21(30)23(26-22(28)31)12-5-4-8-15-7-2-3-9-17(15)23/h2-3,6-7,9-11H,4-5,8,12-14H2,1H3,(H,26,31)/t23-/m0/s1. The number of aryl methyl sites for hydroxylation is 1. The molecule has 1 aliphatic heterocycles. The SMILES string of the molecule is CN(Cc1c(F)cccc1Cl)C(=O)CN1C(=O)N[C@]2(CCCCc3ccccc32)C1=O. The number of carbonyl (C=O) groups is 3. The van der Waals surface area contributed by atoms with E-state index in [0.29, 0.717) is 6.42 Å². The van der Waals surface area contributed by atoms with E-state index in [9.17, 15) is 18.8 Å². The van der Waals surface area contributed by atoms with E-state index in [1.54, 1.807) is 6.07 Å². The second kappa shape index (κ2) is 8.30. The Morgan fingerprint density at radius 2 is 1.97 bits per heavy atom. The summed E-state index contributed by atoms with van der Waals surface area (Å²) in [6.45, 7) is -0.487. The van der Waals surface area contributed by atoms with Gasteiger partial charge in [-0.2, -0.15) is 0 Å². The number of hydrogen-bond acceptors (Lipinski definition) is 3. The van der Waals surface area contributed by atoms with Crippen LogP contribution in [-0.4, -0.2) is 41.2 Å². The van der Waals surface area contributed by atoms with Crippen molar-refractivity contribution in [3.05, 3.63) is 70.0 Å². The van der Waals surface area contributed by atoms with Crippen molar-refractivity contribution in [1.82, 2.24) is 15.1 Å². The van der Waals surface area contributed by atoms with Crippen LogP contribution in [0.2, 0.25) is 5.02 Å². The molecule has 2 aromatic rings. The van der Waals surface area contributed by atoms with Crippen LogP contribution in [0, 0.1) is 5.82 Å². The van der Waals surface area contributed by atoms with E-state index in [1.165, 1.54) is 24.1 Å². The molecule has 0 radical (unpaired) electrons. The number of urea groups is 1. The fourth-order valence-corrected chi connectivity index (χ4v) is 4.60.